The van der Waals surface area contributed by atoms with E-state index in [4.69, 9.17) is 11.6 Å². The lowest BCUT2D eigenvalue weighted by Gasteiger charge is -2.22. The maximum Gasteiger partial charge on any atom is 0.243 e. The fraction of sp³-hybridized carbons (Fsp3) is 0.308. The van der Waals surface area contributed by atoms with Crippen LogP contribution in [0.5, 0.6) is 0 Å². The molecular formula is C26H32ClN3O4S. The van der Waals surface area contributed by atoms with Crippen LogP contribution < -0.4 is 5.32 Å². The van der Waals surface area contributed by atoms with E-state index in [1.807, 2.05) is 18.2 Å². The fourth-order valence-electron chi connectivity index (χ4n) is 4.68. The van der Waals surface area contributed by atoms with Crippen molar-refractivity contribution in [3.63, 3.8) is 0 Å². The Bertz CT molecular complexity index is 1350. The van der Waals surface area contributed by atoms with Crippen LogP contribution in [0.25, 0.3) is 11.3 Å². The van der Waals surface area contributed by atoms with Gasteiger partial charge in [0.2, 0.25) is 15.9 Å². The molecule has 1 aliphatic carbocycles. The number of hydrogen-bond donors (Lipinski definition) is 2. The molecule has 5 rings (SSSR count). The number of nitrogens with zero attached hydrogens (tertiary/aromatic N) is 2. The van der Waals surface area contributed by atoms with Gasteiger partial charge in [0, 0.05) is 27.5 Å². The molecule has 2 aliphatic rings. The molecule has 2 aromatic carbocycles. The second-order valence-corrected chi connectivity index (χ2v) is 11.4. The molecule has 0 spiro atoms. The van der Waals surface area contributed by atoms with Crippen LogP contribution in [0.15, 0.2) is 71.6 Å². The summed E-state index contributed by atoms with van der Waals surface area (Å²) in [6, 6.07) is 18.9. The van der Waals surface area contributed by atoms with E-state index in [1.165, 1.54) is 4.31 Å². The molecule has 0 bridgehead atoms. The molecule has 0 radical (unpaired) electrons. The number of pyridine rings is 1. The van der Waals surface area contributed by atoms with E-state index in [1.54, 1.807) is 48.5 Å². The van der Waals surface area contributed by atoms with Crippen molar-refractivity contribution in [3.8, 4) is 11.3 Å². The number of halogens is 1. The molecular weight excluding hydrogens is 486 g/mol. The lowest BCUT2D eigenvalue weighted by Crippen LogP contribution is -2.37. The number of rotatable bonds is 7. The summed E-state index contributed by atoms with van der Waals surface area (Å²) in [5, 5.41) is 13.1. The first-order chi connectivity index (χ1) is 16.8. The monoisotopic (exact) mass is 517 g/mol. The second kappa shape index (κ2) is 9.35. The zero-order valence-corrected chi connectivity index (χ0v) is 20.6. The van der Waals surface area contributed by atoms with Crippen LogP contribution in [0, 0.1) is 0 Å². The number of carbonyl (C=O) groups is 1. The molecule has 0 unspecified atom stereocenters. The van der Waals surface area contributed by atoms with Crippen LogP contribution in [0.1, 0.15) is 35.5 Å². The number of sulfonamides is 1. The van der Waals surface area contributed by atoms with Gasteiger partial charge in [-0.2, -0.15) is 4.31 Å². The van der Waals surface area contributed by atoms with Gasteiger partial charge in [0.15, 0.2) is 0 Å². The summed E-state index contributed by atoms with van der Waals surface area (Å²) in [5.41, 5.74) is 1.74. The Morgan fingerprint density at radius 2 is 1.83 bits per heavy atom. The first-order valence-corrected chi connectivity index (χ1v) is 13.4. The van der Waals surface area contributed by atoms with E-state index in [9.17, 15) is 18.3 Å². The Morgan fingerprint density at radius 3 is 2.49 bits per heavy atom. The van der Waals surface area contributed by atoms with Gasteiger partial charge in [0.1, 0.15) is 5.82 Å². The van der Waals surface area contributed by atoms with Crippen molar-refractivity contribution >= 4 is 33.3 Å². The Balaban J connectivity index is 0.00000169. The van der Waals surface area contributed by atoms with E-state index in [2.05, 4.69) is 10.3 Å². The highest BCUT2D eigenvalue weighted by atomic mass is 35.5. The summed E-state index contributed by atoms with van der Waals surface area (Å²) in [6.07, 6.45) is 2.94. The van der Waals surface area contributed by atoms with Crippen LogP contribution in [0.4, 0.5) is 5.82 Å². The lowest BCUT2D eigenvalue weighted by molar-refractivity contribution is -0.118. The largest absolute Gasteiger partial charge is 0.395 e. The van der Waals surface area contributed by atoms with Gasteiger partial charge in [-0.05, 0) is 67.6 Å². The van der Waals surface area contributed by atoms with Crippen LogP contribution >= 0.6 is 11.6 Å². The second-order valence-electron chi connectivity index (χ2n) is 9.07. The summed E-state index contributed by atoms with van der Waals surface area (Å²) >= 11 is 5.99. The molecule has 1 saturated heterocycles. The molecule has 1 aromatic heterocycles. The van der Waals surface area contributed by atoms with Crippen molar-refractivity contribution in [2.75, 3.05) is 18.5 Å². The number of carbonyl (C=O) groups excluding carboxylic acids is 1. The normalized spacial score (nSPS) is 19.4. The molecule has 2 N–H and O–H groups in total. The molecule has 3 aromatic rings. The highest BCUT2D eigenvalue weighted by Crippen LogP contribution is 2.49. The third-order valence-electron chi connectivity index (χ3n) is 6.86. The number of amides is 1. The zero-order chi connectivity index (χ0) is 24.6. The van der Waals surface area contributed by atoms with E-state index in [-0.39, 0.29) is 27.7 Å². The van der Waals surface area contributed by atoms with Gasteiger partial charge >= 0.3 is 0 Å². The Kier molecular flexibility index (Phi) is 6.40. The predicted molar refractivity (Wildman–Crippen MR) is 141 cm³/mol. The molecule has 2 fully saturated rings. The van der Waals surface area contributed by atoms with Gasteiger partial charge in [-0.3, -0.25) is 4.79 Å². The predicted octanol–water partition coefficient (Wildman–Crippen LogP) is 4.96. The van der Waals surface area contributed by atoms with Gasteiger partial charge in [-0.25, -0.2) is 13.4 Å². The van der Waals surface area contributed by atoms with Crippen molar-refractivity contribution in [2.45, 2.75) is 42.0 Å². The van der Waals surface area contributed by atoms with E-state index >= 15 is 0 Å². The quantitative estimate of drug-likeness (QED) is 0.461. The van der Waals surface area contributed by atoms with Crippen molar-refractivity contribution in [2.24, 2.45) is 0 Å². The van der Waals surface area contributed by atoms with Crippen LogP contribution in [0.2, 0.25) is 5.02 Å². The summed E-state index contributed by atoms with van der Waals surface area (Å²) < 4.78 is 27.4. The van der Waals surface area contributed by atoms with Gasteiger partial charge in [-0.15, -0.1) is 0 Å². The lowest BCUT2D eigenvalue weighted by atomic mass is 9.95. The number of hydrogen-bond acceptors (Lipinski definition) is 5. The van der Waals surface area contributed by atoms with Gasteiger partial charge in [-0.1, -0.05) is 41.9 Å². The van der Waals surface area contributed by atoms with E-state index < -0.39 is 15.4 Å². The van der Waals surface area contributed by atoms with Crippen LogP contribution in [-0.4, -0.2) is 47.9 Å². The number of aliphatic hydroxyl groups excluding tert-OH is 1. The third-order valence-corrected chi connectivity index (χ3v) is 9.08. The number of aliphatic hydroxyl groups is 1. The third kappa shape index (κ3) is 4.59. The Hall–Kier alpha value is -2.78. The van der Waals surface area contributed by atoms with Crippen molar-refractivity contribution in [1.82, 2.24) is 9.29 Å². The summed E-state index contributed by atoms with van der Waals surface area (Å²) in [4.78, 5) is 17.9. The number of anilines is 1. The minimum Gasteiger partial charge on any atom is -0.395 e. The molecule has 2 heterocycles. The molecule has 1 aliphatic heterocycles. The molecule has 188 valence electrons. The summed E-state index contributed by atoms with van der Waals surface area (Å²) in [6.45, 7) is 0.231. The Labute approximate surface area is 214 Å². The van der Waals surface area contributed by atoms with Gasteiger partial charge < -0.3 is 10.4 Å². The highest BCUT2D eigenvalue weighted by molar-refractivity contribution is 7.89. The van der Waals surface area contributed by atoms with E-state index in [0.717, 1.165) is 30.4 Å². The summed E-state index contributed by atoms with van der Waals surface area (Å²) in [7, 11) is -3.67. The number of aromatic nitrogens is 1. The maximum atomic E-state index is 13.1. The molecule has 1 amide bonds. The standard InChI is InChI=1S/C26H26ClN3O4S.3H2/c27-20-10-8-19(9-11-20)26(14-15-26)25(32)29-24-5-1-4-23(28-24)18-6-12-22(13-7-18)35(33,34)30-16-2-3-21(30)17-31;;;/h1,4-13,21,31H,2-3,14-17H2,(H,28,29,32);3*1H/t21-;;;/m1.../s1. The smallest absolute Gasteiger partial charge is 0.243 e. The van der Waals surface area contributed by atoms with Gasteiger partial charge in [0.05, 0.1) is 22.6 Å². The SMILES string of the molecule is O=C(Nc1cccc(-c2ccc(S(=O)(=O)N3CCC[C@@H]3CO)cc2)n1)C1(c2ccc(Cl)cc2)CC1.[HH].[HH].[HH]. The first-order valence-electron chi connectivity index (χ1n) is 11.6. The highest BCUT2D eigenvalue weighted by Gasteiger charge is 2.51. The number of nitrogens with one attached hydrogen (secondary N) is 1. The Morgan fingerprint density at radius 1 is 1.11 bits per heavy atom. The topological polar surface area (TPSA) is 99.6 Å². The zero-order valence-electron chi connectivity index (χ0n) is 19.0. The molecule has 1 saturated carbocycles. The van der Waals surface area contributed by atoms with Gasteiger partial charge in [0.25, 0.3) is 0 Å². The molecule has 35 heavy (non-hydrogen) atoms. The van der Waals surface area contributed by atoms with E-state index in [0.29, 0.717) is 29.5 Å². The molecule has 1 atom stereocenters. The van der Waals surface area contributed by atoms with Crippen molar-refractivity contribution in [3.05, 3.63) is 77.3 Å². The first kappa shape index (κ1) is 23.9. The van der Waals surface area contributed by atoms with Crippen LogP contribution in [-0.2, 0) is 20.2 Å². The maximum absolute atomic E-state index is 13.1. The minimum absolute atomic E-state index is 0. The molecule has 7 nitrogen and oxygen atoms in total. The minimum atomic E-state index is -3.67. The number of benzene rings is 2. The van der Waals surface area contributed by atoms with Crippen molar-refractivity contribution in [1.29, 1.82) is 0 Å². The fourth-order valence-corrected chi connectivity index (χ4v) is 6.49. The average Bonchev–Trinajstić information content (AvgIpc) is 3.54. The summed E-state index contributed by atoms with van der Waals surface area (Å²) in [5.74, 6) is 0.335. The van der Waals surface area contributed by atoms with Crippen molar-refractivity contribution < 1.29 is 22.6 Å². The average molecular weight is 518 g/mol. The molecule has 9 heteroatoms. The van der Waals surface area contributed by atoms with Crippen LogP contribution in [0.3, 0.4) is 0 Å².